The highest BCUT2D eigenvalue weighted by Gasteiger charge is 2.23. The van der Waals surface area contributed by atoms with Gasteiger partial charge in [-0.2, -0.15) is 10.4 Å². The summed E-state index contributed by atoms with van der Waals surface area (Å²) in [6.07, 6.45) is 6.82. The average molecular weight is 405 g/mol. The van der Waals surface area contributed by atoms with Crippen LogP contribution in [0.2, 0.25) is 0 Å². The second kappa shape index (κ2) is 8.80. The van der Waals surface area contributed by atoms with Gasteiger partial charge in [0.1, 0.15) is 23.4 Å². The summed E-state index contributed by atoms with van der Waals surface area (Å²) in [7, 11) is 1.63. The van der Waals surface area contributed by atoms with Crippen LogP contribution in [0, 0.1) is 11.3 Å². The molecule has 4 rings (SSSR count). The molecule has 0 amide bonds. The summed E-state index contributed by atoms with van der Waals surface area (Å²) < 4.78 is 11.9. The first kappa shape index (κ1) is 19.7. The third kappa shape index (κ3) is 4.34. The summed E-state index contributed by atoms with van der Waals surface area (Å²) in [5.41, 5.74) is 7.83. The Kier molecular flexibility index (Phi) is 5.77. The predicted molar refractivity (Wildman–Crippen MR) is 111 cm³/mol. The van der Waals surface area contributed by atoms with Crippen LogP contribution in [0.15, 0.2) is 36.7 Å². The molecular weight excluding hydrogens is 382 g/mol. The van der Waals surface area contributed by atoms with Crippen molar-refractivity contribution in [2.45, 2.75) is 37.8 Å². The number of benzene rings is 1. The van der Waals surface area contributed by atoms with Crippen LogP contribution in [-0.2, 0) is 0 Å². The number of rotatable bonds is 6. The van der Waals surface area contributed by atoms with E-state index >= 15 is 0 Å². The van der Waals surface area contributed by atoms with Crippen molar-refractivity contribution < 1.29 is 9.47 Å². The highest BCUT2D eigenvalue weighted by molar-refractivity contribution is 5.76. The van der Waals surface area contributed by atoms with Gasteiger partial charge in [-0.25, -0.2) is 9.97 Å². The summed E-state index contributed by atoms with van der Waals surface area (Å²) in [4.78, 5) is 8.15. The van der Waals surface area contributed by atoms with E-state index in [1.54, 1.807) is 7.11 Å². The predicted octanol–water partition coefficient (Wildman–Crippen LogP) is 3.14. The standard InChI is InChI=1S/C21H23N7O2/c1-29-17-3-2-4-18(30-15-7-5-13(23)6-8-15)21(17)16-9-19(28-27-16)26-20-12-24-14(10-22)11-25-20/h2-4,9,11-13,15H,5-8,23H2,1H3,(H2,25,26,27,28)/t13-,15-. The zero-order chi connectivity index (χ0) is 20.9. The van der Waals surface area contributed by atoms with Crippen molar-refractivity contribution in [3.63, 3.8) is 0 Å². The third-order valence-corrected chi connectivity index (χ3v) is 5.09. The van der Waals surface area contributed by atoms with Crippen LogP contribution < -0.4 is 20.5 Å². The van der Waals surface area contributed by atoms with Gasteiger partial charge in [0, 0.05) is 12.1 Å². The number of aromatic amines is 1. The Morgan fingerprint density at radius 3 is 2.63 bits per heavy atom. The minimum Gasteiger partial charge on any atom is -0.496 e. The minimum absolute atomic E-state index is 0.130. The number of nitriles is 1. The number of hydrogen-bond donors (Lipinski definition) is 3. The lowest BCUT2D eigenvalue weighted by atomic mass is 9.93. The van der Waals surface area contributed by atoms with Crippen LogP contribution in [0.3, 0.4) is 0 Å². The zero-order valence-electron chi connectivity index (χ0n) is 16.6. The van der Waals surface area contributed by atoms with E-state index < -0.39 is 0 Å². The third-order valence-electron chi connectivity index (χ3n) is 5.09. The Balaban J connectivity index is 1.57. The molecule has 0 bridgehead atoms. The highest BCUT2D eigenvalue weighted by atomic mass is 16.5. The molecule has 0 atom stereocenters. The Morgan fingerprint density at radius 2 is 1.93 bits per heavy atom. The molecule has 1 aliphatic rings. The lowest BCUT2D eigenvalue weighted by Gasteiger charge is -2.27. The van der Waals surface area contributed by atoms with Gasteiger partial charge in [-0.05, 0) is 37.8 Å². The topological polar surface area (TPSA) is 135 Å². The van der Waals surface area contributed by atoms with Crippen molar-refractivity contribution in [2.24, 2.45) is 5.73 Å². The van der Waals surface area contributed by atoms with Crippen LogP contribution in [0.4, 0.5) is 11.6 Å². The number of nitrogens with zero attached hydrogens (tertiary/aromatic N) is 4. The molecule has 0 spiro atoms. The minimum atomic E-state index is 0.130. The second-order valence-corrected chi connectivity index (χ2v) is 7.18. The zero-order valence-corrected chi connectivity index (χ0v) is 16.6. The van der Waals surface area contributed by atoms with Crippen molar-refractivity contribution in [1.82, 2.24) is 20.2 Å². The molecule has 0 saturated heterocycles. The maximum Gasteiger partial charge on any atom is 0.158 e. The number of methoxy groups -OCH3 is 1. The van der Waals surface area contributed by atoms with E-state index in [1.807, 2.05) is 30.3 Å². The first-order valence-corrected chi connectivity index (χ1v) is 9.80. The van der Waals surface area contributed by atoms with Crippen LogP contribution in [0.1, 0.15) is 31.4 Å². The quantitative estimate of drug-likeness (QED) is 0.569. The largest absolute Gasteiger partial charge is 0.496 e. The van der Waals surface area contributed by atoms with Gasteiger partial charge in [0.05, 0.1) is 36.9 Å². The lowest BCUT2D eigenvalue weighted by Crippen LogP contribution is -2.31. The fourth-order valence-electron chi connectivity index (χ4n) is 3.53. The van der Waals surface area contributed by atoms with Gasteiger partial charge < -0.3 is 20.5 Å². The monoisotopic (exact) mass is 405 g/mol. The fourth-order valence-corrected chi connectivity index (χ4v) is 3.53. The van der Waals surface area contributed by atoms with Crippen LogP contribution in [-0.4, -0.2) is 39.4 Å². The molecule has 4 N–H and O–H groups in total. The number of nitrogens with one attached hydrogen (secondary N) is 2. The molecule has 2 aromatic heterocycles. The second-order valence-electron chi connectivity index (χ2n) is 7.18. The molecule has 3 aromatic rings. The van der Waals surface area contributed by atoms with Crippen molar-refractivity contribution in [3.8, 4) is 28.8 Å². The smallest absolute Gasteiger partial charge is 0.158 e. The molecule has 9 heteroatoms. The Hall–Kier alpha value is -3.64. The summed E-state index contributed by atoms with van der Waals surface area (Å²) >= 11 is 0. The molecule has 1 aliphatic carbocycles. The number of hydrogen-bond acceptors (Lipinski definition) is 8. The molecule has 1 saturated carbocycles. The van der Waals surface area contributed by atoms with Gasteiger partial charge >= 0.3 is 0 Å². The first-order valence-electron chi connectivity index (χ1n) is 9.80. The molecular formula is C21H23N7O2. The summed E-state index contributed by atoms with van der Waals surface area (Å²) in [6, 6.07) is 9.79. The van der Waals surface area contributed by atoms with Gasteiger partial charge in [0.25, 0.3) is 0 Å². The summed E-state index contributed by atoms with van der Waals surface area (Å²) in [6.45, 7) is 0. The normalized spacial score (nSPS) is 18.4. The molecule has 0 radical (unpaired) electrons. The average Bonchev–Trinajstić information content (AvgIpc) is 3.23. The van der Waals surface area contributed by atoms with E-state index in [1.165, 1.54) is 12.4 Å². The molecule has 9 nitrogen and oxygen atoms in total. The number of anilines is 2. The Labute approximate surface area is 174 Å². The number of H-pyrrole nitrogens is 1. The van der Waals surface area contributed by atoms with E-state index in [2.05, 4.69) is 25.5 Å². The van der Waals surface area contributed by atoms with Gasteiger partial charge in [-0.15, -0.1) is 0 Å². The van der Waals surface area contributed by atoms with E-state index in [0.29, 0.717) is 17.4 Å². The van der Waals surface area contributed by atoms with Crippen molar-refractivity contribution in [1.29, 1.82) is 5.26 Å². The maximum absolute atomic E-state index is 8.83. The van der Waals surface area contributed by atoms with Crippen molar-refractivity contribution in [3.05, 3.63) is 42.4 Å². The van der Waals surface area contributed by atoms with Crippen molar-refractivity contribution in [2.75, 3.05) is 12.4 Å². The summed E-state index contributed by atoms with van der Waals surface area (Å²) in [5.74, 6) is 2.48. The van der Waals surface area contributed by atoms with Gasteiger partial charge in [0.2, 0.25) is 0 Å². The fraction of sp³-hybridized carbons (Fsp3) is 0.333. The Morgan fingerprint density at radius 1 is 1.13 bits per heavy atom. The molecule has 0 unspecified atom stereocenters. The van der Waals surface area contributed by atoms with Crippen molar-refractivity contribution >= 4 is 11.6 Å². The van der Waals surface area contributed by atoms with Crippen LogP contribution >= 0.6 is 0 Å². The first-order chi connectivity index (χ1) is 14.7. The number of ether oxygens (including phenoxy) is 2. The van der Waals surface area contributed by atoms with E-state index in [-0.39, 0.29) is 17.8 Å². The Bertz CT molecular complexity index is 1030. The molecule has 1 aromatic carbocycles. The molecule has 0 aliphatic heterocycles. The maximum atomic E-state index is 8.83. The number of nitrogens with two attached hydrogens (primary N) is 1. The van der Waals surface area contributed by atoms with Crippen LogP contribution in [0.25, 0.3) is 11.3 Å². The molecule has 2 heterocycles. The number of aromatic nitrogens is 4. The summed E-state index contributed by atoms with van der Waals surface area (Å²) in [5, 5.41) is 19.2. The van der Waals surface area contributed by atoms with Gasteiger partial charge in [-0.1, -0.05) is 6.07 Å². The molecule has 154 valence electrons. The lowest BCUT2D eigenvalue weighted by molar-refractivity contribution is 0.147. The molecule has 30 heavy (non-hydrogen) atoms. The van der Waals surface area contributed by atoms with Gasteiger partial charge in [0.15, 0.2) is 11.5 Å². The van der Waals surface area contributed by atoms with E-state index in [9.17, 15) is 0 Å². The van der Waals surface area contributed by atoms with E-state index in [0.717, 1.165) is 42.7 Å². The van der Waals surface area contributed by atoms with Crippen LogP contribution in [0.5, 0.6) is 11.5 Å². The SMILES string of the molecule is COc1cccc(O[C@H]2CC[C@H](N)CC2)c1-c1cc(Nc2cnc(C#N)cn2)n[nH]1. The van der Waals surface area contributed by atoms with Gasteiger partial charge in [-0.3, -0.25) is 5.10 Å². The highest BCUT2D eigenvalue weighted by Crippen LogP contribution is 2.39. The van der Waals surface area contributed by atoms with E-state index in [4.69, 9.17) is 20.5 Å². The molecule has 1 fully saturated rings.